The lowest BCUT2D eigenvalue weighted by Crippen LogP contribution is -2.58. The van der Waals surface area contributed by atoms with Gasteiger partial charge in [-0.1, -0.05) is 43.7 Å². The number of nitrogens with one attached hydrogen (secondary N) is 3. The molecule has 0 spiro atoms. The minimum atomic E-state index is -3.46. The summed E-state index contributed by atoms with van der Waals surface area (Å²) in [4.78, 5) is 41.6. The maximum absolute atomic E-state index is 13.8. The molecule has 2 aromatic rings. The summed E-state index contributed by atoms with van der Waals surface area (Å²) >= 11 is 6.06. The van der Waals surface area contributed by atoms with Crippen LogP contribution in [0.2, 0.25) is 5.02 Å². The van der Waals surface area contributed by atoms with Gasteiger partial charge in [-0.15, -0.1) is 10.2 Å². The number of sulfone groups is 1. The summed E-state index contributed by atoms with van der Waals surface area (Å²) in [6.07, 6.45) is 3.44. The van der Waals surface area contributed by atoms with Crippen LogP contribution in [0.5, 0.6) is 0 Å². The first-order chi connectivity index (χ1) is 18.2. The number of hydrogen-bond acceptors (Lipinski definition) is 9. The third-order valence-electron chi connectivity index (χ3n) is 6.17. The second-order valence-corrected chi connectivity index (χ2v) is 12.8. The van der Waals surface area contributed by atoms with Gasteiger partial charge in [0.1, 0.15) is 12.1 Å². The minimum absolute atomic E-state index is 0.0831. The molecule has 212 valence electrons. The Bertz CT molecular complexity index is 1340. The van der Waals surface area contributed by atoms with Gasteiger partial charge in [0.15, 0.2) is 15.7 Å². The summed E-state index contributed by atoms with van der Waals surface area (Å²) in [6.45, 7) is 5.76. The van der Waals surface area contributed by atoms with Gasteiger partial charge in [-0.25, -0.2) is 8.42 Å². The molecule has 1 fully saturated rings. The van der Waals surface area contributed by atoms with Gasteiger partial charge in [0.05, 0.1) is 16.8 Å². The summed E-state index contributed by atoms with van der Waals surface area (Å²) in [5, 5.41) is 20.3. The number of amides is 3. The first-order valence-corrected chi connectivity index (χ1v) is 14.6. The first kappa shape index (κ1) is 30.0. The lowest BCUT2D eigenvalue weighted by Gasteiger charge is -2.35. The molecule has 0 radical (unpaired) electrons. The van der Waals surface area contributed by atoms with Gasteiger partial charge in [-0.3, -0.25) is 14.4 Å². The summed E-state index contributed by atoms with van der Waals surface area (Å²) in [7, 11) is -3.46. The monoisotopic (exact) mass is 580 g/mol. The highest BCUT2D eigenvalue weighted by molar-refractivity contribution is 7.93. The Kier molecular flexibility index (Phi) is 9.33. The fraction of sp³-hybridized carbons (Fsp3) is 0.500. The normalized spacial score (nSPS) is 17.7. The highest BCUT2D eigenvalue weighted by Gasteiger charge is 2.42. The summed E-state index contributed by atoms with van der Waals surface area (Å²) in [5.74, 6) is -1.10. The highest BCUT2D eigenvalue weighted by atomic mass is 35.5. The van der Waals surface area contributed by atoms with Crippen LogP contribution < -0.4 is 16.4 Å². The van der Waals surface area contributed by atoms with Crippen LogP contribution in [0.25, 0.3) is 0 Å². The lowest BCUT2D eigenvalue weighted by atomic mass is 9.85. The van der Waals surface area contributed by atoms with Crippen LogP contribution in [0.3, 0.4) is 0 Å². The molecule has 13 nitrogen and oxygen atoms in total. The van der Waals surface area contributed by atoms with Gasteiger partial charge in [-0.2, -0.15) is 5.21 Å². The number of aromatic nitrogens is 4. The lowest BCUT2D eigenvalue weighted by molar-refractivity contribution is -0.142. The van der Waals surface area contributed by atoms with E-state index in [-0.39, 0.29) is 22.8 Å². The number of nitrogens with two attached hydrogens (primary N) is 1. The zero-order valence-electron chi connectivity index (χ0n) is 22.1. The van der Waals surface area contributed by atoms with Crippen LogP contribution in [-0.4, -0.2) is 82.6 Å². The number of H-pyrrole nitrogens is 1. The predicted molar refractivity (Wildman–Crippen MR) is 145 cm³/mol. The zero-order chi connectivity index (χ0) is 29.0. The average Bonchev–Trinajstić information content (AvgIpc) is 3.53. The number of halogens is 1. The molecule has 1 aromatic carbocycles. The SMILES string of the molecule is CC(C)(C)[C@H](NC(=O)c1ccc(N)c(Cl)c1)C(=O)N1CCC[C@@H]1C(=O)N[C@H](/C=C/S(C)(=O)=O)Cc1nn[nH]n1. The average molecular weight is 581 g/mol. The van der Waals surface area contributed by atoms with Crippen LogP contribution >= 0.6 is 11.6 Å². The molecular formula is C24H33ClN8O5S. The zero-order valence-corrected chi connectivity index (χ0v) is 23.7. The number of nitrogen functional groups attached to an aromatic ring is 1. The largest absolute Gasteiger partial charge is 0.398 e. The standard InChI is InChI=1S/C24H33ClN8O5S/c1-24(2,3)20(28-21(34)14-7-8-17(26)16(25)12-14)23(36)33-10-5-6-18(33)22(35)27-15(9-11-39(4,37)38)13-19-29-31-32-30-19/h7-9,11-12,15,18,20H,5-6,10,13,26H2,1-4H3,(H,27,35)(H,28,34)(H,29,30,31,32)/b11-9+/t15-,18-,20-/m1/s1. The number of hydrogen-bond donors (Lipinski definition) is 4. The van der Waals surface area contributed by atoms with Crippen LogP contribution in [0, 0.1) is 5.41 Å². The molecule has 3 atom stereocenters. The van der Waals surface area contributed by atoms with E-state index in [1.807, 2.05) is 20.8 Å². The molecule has 1 aliphatic heterocycles. The number of carbonyl (C=O) groups excluding carboxylic acids is 3. The molecule has 1 aliphatic rings. The smallest absolute Gasteiger partial charge is 0.252 e. The van der Waals surface area contributed by atoms with E-state index in [0.717, 1.165) is 11.7 Å². The Labute approximate surface area is 231 Å². The fourth-order valence-corrected chi connectivity index (χ4v) is 4.81. The molecule has 3 amide bonds. The third kappa shape index (κ3) is 8.23. The van der Waals surface area contributed by atoms with Crippen molar-refractivity contribution in [2.24, 2.45) is 5.41 Å². The van der Waals surface area contributed by atoms with E-state index in [0.29, 0.717) is 25.1 Å². The van der Waals surface area contributed by atoms with Crippen LogP contribution in [0.15, 0.2) is 29.7 Å². The molecule has 3 rings (SSSR count). The predicted octanol–water partition coefficient (Wildman–Crippen LogP) is 0.857. The number of tetrazole rings is 1. The van der Waals surface area contributed by atoms with Gasteiger partial charge >= 0.3 is 0 Å². The van der Waals surface area contributed by atoms with Crippen molar-refractivity contribution in [3.63, 3.8) is 0 Å². The Morgan fingerprint density at radius 1 is 1.28 bits per heavy atom. The third-order valence-corrected chi connectivity index (χ3v) is 7.15. The maximum Gasteiger partial charge on any atom is 0.252 e. The quantitative estimate of drug-likeness (QED) is 0.311. The summed E-state index contributed by atoms with van der Waals surface area (Å²) < 4.78 is 23.3. The molecule has 1 saturated heterocycles. The molecule has 39 heavy (non-hydrogen) atoms. The molecular weight excluding hydrogens is 548 g/mol. The molecule has 1 aromatic heterocycles. The number of likely N-dealkylation sites (tertiary alicyclic amines) is 1. The Balaban J connectivity index is 1.79. The first-order valence-electron chi connectivity index (χ1n) is 12.2. The Morgan fingerprint density at radius 3 is 2.59 bits per heavy atom. The summed E-state index contributed by atoms with van der Waals surface area (Å²) in [6, 6.07) is 1.92. The molecule has 0 saturated carbocycles. The maximum atomic E-state index is 13.8. The van der Waals surface area contributed by atoms with E-state index < -0.39 is 51.1 Å². The number of aromatic amines is 1. The van der Waals surface area contributed by atoms with E-state index in [9.17, 15) is 22.8 Å². The second kappa shape index (κ2) is 12.1. The van der Waals surface area contributed by atoms with Crippen LogP contribution in [0.1, 0.15) is 49.8 Å². The Morgan fingerprint density at radius 2 is 2.00 bits per heavy atom. The van der Waals surface area contributed by atoms with E-state index in [2.05, 4.69) is 31.3 Å². The van der Waals surface area contributed by atoms with Crippen molar-refractivity contribution in [1.29, 1.82) is 0 Å². The molecule has 0 aliphatic carbocycles. The van der Waals surface area contributed by atoms with Crippen molar-refractivity contribution in [3.05, 3.63) is 46.1 Å². The van der Waals surface area contributed by atoms with E-state index in [1.54, 1.807) is 0 Å². The number of anilines is 1. The van der Waals surface area contributed by atoms with Crippen molar-refractivity contribution in [2.75, 3.05) is 18.5 Å². The van der Waals surface area contributed by atoms with Crippen molar-refractivity contribution in [3.8, 4) is 0 Å². The van der Waals surface area contributed by atoms with Gasteiger partial charge < -0.3 is 21.3 Å². The number of rotatable bonds is 9. The molecule has 0 unspecified atom stereocenters. The van der Waals surface area contributed by atoms with Gasteiger partial charge in [0, 0.05) is 30.2 Å². The van der Waals surface area contributed by atoms with Crippen molar-refractivity contribution < 1.29 is 22.8 Å². The molecule has 5 N–H and O–H groups in total. The van der Waals surface area contributed by atoms with Crippen LogP contribution in [-0.2, 0) is 25.8 Å². The number of nitrogens with zero attached hydrogens (tertiary/aromatic N) is 4. The van der Waals surface area contributed by atoms with Crippen molar-refractivity contribution >= 4 is 44.8 Å². The second-order valence-electron chi connectivity index (χ2n) is 10.5. The van der Waals surface area contributed by atoms with Gasteiger partial charge in [0.2, 0.25) is 11.8 Å². The number of carbonyl (C=O) groups is 3. The molecule has 0 bridgehead atoms. The highest BCUT2D eigenvalue weighted by Crippen LogP contribution is 2.27. The van der Waals surface area contributed by atoms with E-state index >= 15 is 0 Å². The van der Waals surface area contributed by atoms with Gasteiger partial charge in [-0.05, 0) is 36.5 Å². The van der Waals surface area contributed by atoms with Crippen LogP contribution in [0.4, 0.5) is 5.69 Å². The molecule has 2 heterocycles. The van der Waals surface area contributed by atoms with Crippen molar-refractivity contribution in [1.82, 2.24) is 36.2 Å². The van der Waals surface area contributed by atoms with Gasteiger partial charge in [0.25, 0.3) is 5.91 Å². The fourth-order valence-electron chi connectivity index (χ4n) is 4.15. The topological polar surface area (TPSA) is 193 Å². The Hall–Kier alpha value is -3.52. The van der Waals surface area contributed by atoms with E-state index in [1.165, 1.54) is 29.2 Å². The number of benzene rings is 1. The van der Waals surface area contributed by atoms with E-state index in [4.69, 9.17) is 17.3 Å². The summed E-state index contributed by atoms with van der Waals surface area (Å²) in [5.41, 5.74) is 5.62. The van der Waals surface area contributed by atoms with Crippen molar-refractivity contribution in [2.45, 2.75) is 58.2 Å². The minimum Gasteiger partial charge on any atom is -0.398 e. The molecule has 15 heteroatoms.